The summed E-state index contributed by atoms with van der Waals surface area (Å²) in [5.74, 6) is -0.585. The van der Waals surface area contributed by atoms with Crippen molar-refractivity contribution < 1.29 is 18.3 Å². The van der Waals surface area contributed by atoms with Crippen molar-refractivity contribution in [3.63, 3.8) is 0 Å². The zero-order valence-electron chi connectivity index (χ0n) is 11.3. The molecule has 22 heavy (non-hydrogen) atoms. The Morgan fingerprint density at radius 1 is 1.09 bits per heavy atom. The topological polar surface area (TPSA) is 95.5 Å². The van der Waals surface area contributed by atoms with Crippen LogP contribution >= 0.6 is 11.6 Å². The molecule has 0 heterocycles. The number of aliphatic hydroxyl groups excluding tert-OH is 1. The number of aliphatic hydroxyl groups is 1. The summed E-state index contributed by atoms with van der Waals surface area (Å²) in [5.41, 5.74) is 0.654. The molecule has 0 aliphatic carbocycles. The number of benzene rings is 2. The molecular weight excluding hydrogens is 328 g/mol. The summed E-state index contributed by atoms with van der Waals surface area (Å²) in [5, 5.41) is 11.6. The van der Waals surface area contributed by atoms with Crippen LogP contribution in [0.1, 0.15) is 0 Å². The molecule has 0 atom stereocenters. The smallest absolute Gasteiger partial charge is 0.261 e. The van der Waals surface area contributed by atoms with Gasteiger partial charge in [-0.05, 0) is 42.5 Å². The lowest BCUT2D eigenvalue weighted by atomic mass is 10.3. The molecule has 0 radical (unpaired) electrons. The molecule has 0 aliphatic rings. The van der Waals surface area contributed by atoms with Gasteiger partial charge in [0, 0.05) is 10.7 Å². The van der Waals surface area contributed by atoms with Gasteiger partial charge in [0.15, 0.2) is 0 Å². The molecule has 116 valence electrons. The fourth-order valence-corrected chi connectivity index (χ4v) is 2.86. The Kier molecular flexibility index (Phi) is 5.02. The van der Waals surface area contributed by atoms with Crippen molar-refractivity contribution in [2.45, 2.75) is 4.90 Å². The van der Waals surface area contributed by atoms with E-state index in [1.807, 2.05) is 0 Å². The molecule has 0 bridgehead atoms. The molecule has 0 aliphatic heterocycles. The number of carbonyl (C=O) groups is 1. The van der Waals surface area contributed by atoms with Gasteiger partial charge in [0.05, 0.1) is 10.6 Å². The van der Waals surface area contributed by atoms with E-state index in [-0.39, 0.29) is 10.6 Å². The van der Waals surface area contributed by atoms with Gasteiger partial charge in [-0.15, -0.1) is 0 Å². The normalized spacial score (nSPS) is 11.0. The van der Waals surface area contributed by atoms with E-state index in [0.29, 0.717) is 10.7 Å². The predicted molar refractivity (Wildman–Crippen MR) is 84.4 cm³/mol. The van der Waals surface area contributed by atoms with Crippen molar-refractivity contribution in [1.82, 2.24) is 0 Å². The number of amides is 1. The van der Waals surface area contributed by atoms with Crippen LogP contribution in [0.2, 0.25) is 5.02 Å². The quantitative estimate of drug-likeness (QED) is 0.776. The zero-order valence-corrected chi connectivity index (χ0v) is 12.9. The van der Waals surface area contributed by atoms with Crippen LogP contribution in [-0.4, -0.2) is 26.0 Å². The number of nitrogens with one attached hydrogen (secondary N) is 2. The summed E-state index contributed by atoms with van der Waals surface area (Å²) in [4.78, 5) is 11.2. The number of rotatable bonds is 5. The third-order valence-electron chi connectivity index (χ3n) is 2.67. The highest BCUT2D eigenvalue weighted by Crippen LogP contribution is 2.20. The summed E-state index contributed by atoms with van der Waals surface area (Å²) in [7, 11) is -3.75. The lowest BCUT2D eigenvalue weighted by molar-refractivity contribution is -0.118. The molecule has 0 unspecified atom stereocenters. The first-order valence-electron chi connectivity index (χ1n) is 6.20. The highest BCUT2D eigenvalue weighted by molar-refractivity contribution is 7.92. The van der Waals surface area contributed by atoms with Gasteiger partial charge < -0.3 is 10.4 Å². The average Bonchev–Trinajstić information content (AvgIpc) is 2.47. The maximum absolute atomic E-state index is 12.2. The molecule has 0 aromatic heterocycles. The Morgan fingerprint density at radius 2 is 1.73 bits per heavy atom. The second-order valence-electron chi connectivity index (χ2n) is 4.35. The van der Waals surface area contributed by atoms with E-state index in [9.17, 15) is 13.2 Å². The van der Waals surface area contributed by atoms with Gasteiger partial charge in [0.1, 0.15) is 6.61 Å². The van der Waals surface area contributed by atoms with Crippen LogP contribution in [0.3, 0.4) is 0 Å². The molecule has 2 aromatic carbocycles. The van der Waals surface area contributed by atoms with Gasteiger partial charge in [0.2, 0.25) is 5.91 Å². The molecule has 6 nitrogen and oxygen atoms in total. The minimum absolute atomic E-state index is 0.0710. The monoisotopic (exact) mass is 340 g/mol. The van der Waals surface area contributed by atoms with E-state index in [1.54, 1.807) is 18.2 Å². The Balaban J connectivity index is 2.21. The van der Waals surface area contributed by atoms with Crippen LogP contribution in [0.25, 0.3) is 0 Å². The van der Waals surface area contributed by atoms with Crippen molar-refractivity contribution in [3.8, 4) is 0 Å². The molecule has 2 aromatic rings. The SMILES string of the molecule is O=C(CO)Nc1cccc(NS(=O)(=O)c2ccc(Cl)cc2)c1. The standard InChI is InChI=1S/C14H13ClN2O4S/c15-10-4-6-13(7-5-10)22(20,21)17-12-3-1-2-11(8-12)16-14(19)9-18/h1-8,17-18H,9H2,(H,16,19). The maximum atomic E-state index is 12.2. The lowest BCUT2D eigenvalue weighted by Gasteiger charge is -2.10. The number of halogens is 1. The van der Waals surface area contributed by atoms with Crippen molar-refractivity contribution in [2.24, 2.45) is 0 Å². The number of anilines is 2. The van der Waals surface area contributed by atoms with Crippen LogP contribution in [0.4, 0.5) is 11.4 Å². The number of carbonyl (C=O) groups excluding carboxylic acids is 1. The molecule has 0 spiro atoms. The van der Waals surface area contributed by atoms with Gasteiger partial charge in [-0.25, -0.2) is 8.42 Å². The van der Waals surface area contributed by atoms with Crippen LogP contribution < -0.4 is 10.0 Å². The minimum Gasteiger partial charge on any atom is -0.387 e. The van der Waals surface area contributed by atoms with Crippen LogP contribution in [0, 0.1) is 0 Å². The third-order valence-corrected chi connectivity index (χ3v) is 4.32. The second kappa shape index (κ2) is 6.78. The van der Waals surface area contributed by atoms with Crippen LogP contribution in [-0.2, 0) is 14.8 Å². The highest BCUT2D eigenvalue weighted by atomic mass is 35.5. The second-order valence-corrected chi connectivity index (χ2v) is 6.47. The third kappa shape index (κ3) is 4.20. The highest BCUT2D eigenvalue weighted by Gasteiger charge is 2.14. The Hall–Kier alpha value is -2.09. The summed E-state index contributed by atoms with van der Waals surface area (Å²) >= 11 is 5.73. The van der Waals surface area contributed by atoms with Gasteiger partial charge in [-0.2, -0.15) is 0 Å². The van der Waals surface area contributed by atoms with Crippen LogP contribution in [0.5, 0.6) is 0 Å². The molecule has 1 amide bonds. The molecule has 0 saturated carbocycles. The Bertz CT molecular complexity index is 776. The predicted octanol–water partition coefficient (Wildman–Crippen LogP) is 2.07. The molecule has 8 heteroatoms. The molecular formula is C14H13ClN2O4S. The first-order chi connectivity index (χ1) is 10.4. The molecule has 2 rings (SSSR count). The average molecular weight is 341 g/mol. The van der Waals surface area contributed by atoms with Crippen molar-refractivity contribution in [2.75, 3.05) is 16.6 Å². The van der Waals surface area contributed by atoms with Gasteiger partial charge in [-0.1, -0.05) is 17.7 Å². The van der Waals surface area contributed by atoms with Gasteiger partial charge >= 0.3 is 0 Å². The van der Waals surface area contributed by atoms with E-state index in [0.717, 1.165) is 0 Å². The van der Waals surface area contributed by atoms with Gasteiger partial charge in [-0.3, -0.25) is 9.52 Å². The van der Waals surface area contributed by atoms with Crippen molar-refractivity contribution >= 4 is 38.9 Å². The molecule has 3 N–H and O–H groups in total. The molecule has 0 saturated heterocycles. The minimum atomic E-state index is -3.75. The van der Waals surface area contributed by atoms with Gasteiger partial charge in [0.25, 0.3) is 10.0 Å². The van der Waals surface area contributed by atoms with E-state index in [2.05, 4.69) is 10.0 Å². The largest absolute Gasteiger partial charge is 0.387 e. The Labute approximate surface area is 132 Å². The summed E-state index contributed by atoms with van der Waals surface area (Å²) in [6, 6.07) is 11.9. The van der Waals surface area contributed by atoms with Crippen molar-refractivity contribution in [1.29, 1.82) is 0 Å². The number of hydrogen-bond acceptors (Lipinski definition) is 4. The summed E-state index contributed by atoms with van der Waals surface area (Å²) < 4.78 is 26.8. The number of sulfonamides is 1. The van der Waals surface area contributed by atoms with Crippen LogP contribution in [0.15, 0.2) is 53.4 Å². The zero-order chi connectivity index (χ0) is 16.2. The molecule has 0 fully saturated rings. The van der Waals surface area contributed by atoms with E-state index in [4.69, 9.17) is 16.7 Å². The van der Waals surface area contributed by atoms with Crippen molar-refractivity contribution in [3.05, 3.63) is 53.6 Å². The first-order valence-corrected chi connectivity index (χ1v) is 8.06. The van der Waals surface area contributed by atoms with E-state index >= 15 is 0 Å². The number of hydrogen-bond donors (Lipinski definition) is 3. The first kappa shape index (κ1) is 16.3. The van der Waals surface area contributed by atoms with E-state index < -0.39 is 22.5 Å². The van der Waals surface area contributed by atoms with E-state index in [1.165, 1.54) is 30.3 Å². The lowest BCUT2D eigenvalue weighted by Crippen LogP contribution is -2.16. The fraction of sp³-hybridized carbons (Fsp3) is 0.0714. The maximum Gasteiger partial charge on any atom is 0.261 e. The summed E-state index contributed by atoms with van der Waals surface area (Å²) in [6.07, 6.45) is 0. The Morgan fingerprint density at radius 3 is 2.36 bits per heavy atom. The fourth-order valence-electron chi connectivity index (χ4n) is 1.69. The summed E-state index contributed by atoms with van der Waals surface area (Å²) in [6.45, 7) is -0.652.